The zero-order valence-corrected chi connectivity index (χ0v) is 11.2. The first kappa shape index (κ1) is 14.5. The van der Waals surface area contributed by atoms with E-state index in [1.54, 1.807) is 6.92 Å². The highest BCUT2D eigenvalue weighted by Gasteiger charge is 2.28. The van der Waals surface area contributed by atoms with Crippen LogP contribution in [0.25, 0.3) is 0 Å². The van der Waals surface area contributed by atoms with Crippen LogP contribution in [0.1, 0.15) is 11.8 Å². The Labute approximate surface area is 115 Å². The molecule has 1 fully saturated rings. The van der Waals surface area contributed by atoms with E-state index in [-0.39, 0.29) is 6.61 Å². The topological polar surface area (TPSA) is 87.6 Å². The molecular weight excluding hydrogens is 262 g/mol. The molecule has 2 rings (SSSR count). The largest absolute Gasteiger partial charge is 0.394 e. The molecule has 0 aromatic carbocycles. The molecule has 1 aliphatic heterocycles. The summed E-state index contributed by atoms with van der Waals surface area (Å²) >= 11 is 0. The van der Waals surface area contributed by atoms with E-state index < -0.39 is 23.6 Å². The predicted octanol–water partition coefficient (Wildman–Crippen LogP) is -1.33. The Morgan fingerprint density at radius 3 is 2.95 bits per heavy atom. The molecular formula is C13H17N3O4. The number of hydrogen-bond donors (Lipinski definition) is 2. The number of aryl methyl sites for hydroxylation is 1. The minimum atomic E-state index is -0.586. The van der Waals surface area contributed by atoms with Crippen molar-refractivity contribution in [1.29, 1.82) is 0 Å². The van der Waals surface area contributed by atoms with Crippen molar-refractivity contribution >= 4 is 0 Å². The van der Waals surface area contributed by atoms with Gasteiger partial charge in [-0.1, -0.05) is 5.92 Å². The lowest BCUT2D eigenvalue weighted by Gasteiger charge is -2.37. The average Bonchev–Trinajstić information content (AvgIpc) is 2.42. The van der Waals surface area contributed by atoms with E-state index in [0.29, 0.717) is 25.2 Å². The number of hydrogen-bond acceptors (Lipinski definition) is 5. The highest BCUT2D eigenvalue weighted by Crippen LogP contribution is 2.18. The number of H-pyrrole nitrogens is 1. The molecule has 0 spiro atoms. The van der Waals surface area contributed by atoms with Crippen molar-refractivity contribution in [2.75, 3.05) is 26.2 Å². The van der Waals surface area contributed by atoms with Crippen molar-refractivity contribution in [3.63, 3.8) is 0 Å². The minimum absolute atomic E-state index is 0.158. The van der Waals surface area contributed by atoms with Crippen LogP contribution in [0.15, 0.2) is 15.8 Å². The average molecular weight is 279 g/mol. The second kappa shape index (κ2) is 6.05. The summed E-state index contributed by atoms with van der Waals surface area (Å²) in [5, 5.41) is 9.26. The molecule has 0 radical (unpaired) electrons. The fourth-order valence-corrected chi connectivity index (χ4v) is 2.20. The van der Waals surface area contributed by atoms with Gasteiger partial charge in [-0.2, -0.15) is 0 Å². The van der Waals surface area contributed by atoms with Gasteiger partial charge < -0.3 is 9.84 Å². The SMILES string of the molecule is C#CCN1CC(CO)OC(n2cc(C)c(=O)[nH]c2=O)C1. The molecule has 0 aliphatic carbocycles. The van der Waals surface area contributed by atoms with E-state index in [1.165, 1.54) is 10.8 Å². The summed E-state index contributed by atoms with van der Waals surface area (Å²) in [6, 6.07) is 0. The molecule has 2 heterocycles. The lowest BCUT2D eigenvalue weighted by molar-refractivity contribution is -0.133. The van der Waals surface area contributed by atoms with E-state index in [9.17, 15) is 14.7 Å². The fraction of sp³-hybridized carbons (Fsp3) is 0.538. The van der Waals surface area contributed by atoms with E-state index in [0.717, 1.165) is 0 Å². The van der Waals surface area contributed by atoms with Crippen LogP contribution in [0.3, 0.4) is 0 Å². The van der Waals surface area contributed by atoms with E-state index in [1.807, 2.05) is 4.90 Å². The third kappa shape index (κ3) is 2.99. The Bertz CT molecular complexity index is 628. The Morgan fingerprint density at radius 2 is 2.30 bits per heavy atom. The van der Waals surface area contributed by atoms with Crippen LogP contribution >= 0.6 is 0 Å². The summed E-state index contributed by atoms with van der Waals surface area (Å²) < 4.78 is 6.98. The Kier molecular flexibility index (Phi) is 4.39. The smallest absolute Gasteiger partial charge is 0.330 e. The summed E-state index contributed by atoms with van der Waals surface area (Å²) in [6.45, 7) is 2.79. The second-order valence-electron chi connectivity index (χ2n) is 4.77. The highest BCUT2D eigenvalue weighted by molar-refractivity contribution is 5.02. The van der Waals surface area contributed by atoms with Gasteiger partial charge in [-0.25, -0.2) is 4.79 Å². The van der Waals surface area contributed by atoms with E-state index in [2.05, 4.69) is 10.9 Å². The quantitative estimate of drug-likeness (QED) is 0.669. The summed E-state index contributed by atoms with van der Waals surface area (Å²) in [4.78, 5) is 27.4. The van der Waals surface area contributed by atoms with Gasteiger partial charge in [0.15, 0.2) is 6.23 Å². The molecule has 2 atom stereocenters. The summed E-state index contributed by atoms with van der Waals surface area (Å²) in [7, 11) is 0. The summed E-state index contributed by atoms with van der Waals surface area (Å²) in [5.41, 5.74) is -0.533. The van der Waals surface area contributed by atoms with Gasteiger partial charge in [-0.15, -0.1) is 6.42 Å². The van der Waals surface area contributed by atoms with Crippen molar-refractivity contribution in [2.45, 2.75) is 19.3 Å². The number of rotatable bonds is 3. The fourth-order valence-electron chi connectivity index (χ4n) is 2.20. The van der Waals surface area contributed by atoms with E-state index in [4.69, 9.17) is 11.2 Å². The number of aromatic nitrogens is 2. The molecule has 1 aromatic rings. The Hall–Kier alpha value is -1.88. The third-order valence-electron chi connectivity index (χ3n) is 3.20. The van der Waals surface area contributed by atoms with Gasteiger partial charge in [0.25, 0.3) is 5.56 Å². The lowest BCUT2D eigenvalue weighted by atomic mass is 10.2. The molecule has 108 valence electrons. The van der Waals surface area contributed by atoms with Crippen molar-refractivity contribution in [3.8, 4) is 12.3 Å². The number of nitrogens with zero attached hydrogens (tertiary/aromatic N) is 2. The monoisotopic (exact) mass is 279 g/mol. The number of morpholine rings is 1. The van der Waals surface area contributed by atoms with Crippen molar-refractivity contribution in [1.82, 2.24) is 14.5 Å². The number of aromatic amines is 1. The van der Waals surface area contributed by atoms with Crippen molar-refractivity contribution < 1.29 is 9.84 Å². The van der Waals surface area contributed by atoms with Crippen LogP contribution in [0, 0.1) is 19.3 Å². The van der Waals surface area contributed by atoms with Crippen LogP contribution in [0.4, 0.5) is 0 Å². The highest BCUT2D eigenvalue weighted by atomic mass is 16.5. The van der Waals surface area contributed by atoms with Crippen LogP contribution in [0.2, 0.25) is 0 Å². The number of terminal acetylenes is 1. The number of ether oxygens (including phenoxy) is 1. The van der Waals surface area contributed by atoms with E-state index >= 15 is 0 Å². The Balaban J connectivity index is 2.31. The van der Waals surface area contributed by atoms with Crippen molar-refractivity contribution in [2.24, 2.45) is 0 Å². The second-order valence-corrected chi connectivity index (χ2v) is 4.77. The van der Waals surface area contributed by atoms with Crippen LogP contribution in [0.5, 0.6) is 0 Å². The van der Waals surface area contributed by atoms with Crippen LogP contribution in [-0.2, 0) is 4.74 Å². The molecule has 7 nitrogen and oxygen atoms in total. The zero-order valence-electron chi connectivity index (χ0n) is 11.2. The maximum absolute atomic E-state index is 11.9. The summed E-state index contributed by atoms with van der Waals surface area (Å²) in [6.07, 6.45) is 5.75. The predicted molar refractivity (Wildman–Crippen MR) is 72.3 cm³/mol. The van der Waals surface area contributed by atoms with Gasteiger partial charge in [-0.05, 0) is 6.92 Å². The van der Waals surface area contributed by atoms with Gasteiger partial charge in [0.05, 0.1) is 19.3 Å². The van der Waals surface area contributed by atoms with Gasteiger partial charge in [-0.3, -0.25) is 19.2 Å². The van der Waals surface area contributed by atoms with Gasteiger partial charge >= 0.3 is 5.69 Å². The molecule has 1 aliphatic rings. The number of nitrogens with one attached hydrogen (secondary N) is 1. The zero-order chi connectivity index (χ0) is 14.7. The standard InChI is InChI=1S/C13H17N3O4/c1-3-4-15-6-10(8-17)20-11(7-15)16-5-9(2)12(18)14-13(16)19/h1,5,10-11,17H,4,6-8H2,2H3,(H,14,18,19). The first-order chi connectivity index (χ1) is 9.55. The lowest BCUT2D eigenvalue weighted by Crippen LogP contribution is -2.49. The van der Waals surface area contributed by atoms with Gasteiger partial charge in [0.2, 0.25) is 0 Å². The normalized spacial score (nSPS) is 23.4. The first-order valence-corrected chi connectivity index (χ1v) is 6.29. The molecule has 7 heteroatoms. The maximum Gasteiger partial charge on any atom is 0.330 e. The first-order valence-electron chi connectivity index (χ1n) is 6.29. The van der Waals surface area contributed by atoms with Gasteiger partial charge in [0.1, 0.15) is 0 Å². The van der Waals surface area contributed by atoms with Crippen LogP contribution in [-0.4, -0.2) is 51.9 Å². The van der Waals surface area contributed by atoms with Crippen molar-refractivity contribution in [3.05, 3.63) is 32.6 Å². The third-order valence-corrected chi connectivity index (χ3v) is 3.20. The molecule has 2 N–H and O–H groups in total. The maximum atomic E-state index is 11.9. The Morgan fingerprint density at radius 1 is 1.55 bits per heavy atom. The van der Waals surface area contributed by atoms with Crippen LogP contribution < -0.4 is 11.2 Å². The molecule has 20 heavy (non-hydrogen) atoms. The molecule has 0 saturated carbocycles. The minimum Gasteiger partial charge on any atom is -0.394 e. The van der Waals surface area contributed by atoms with Gasteiger partial charge in [0, 0.05) is 24.8 Å². The molecule has 2 unspecified atom stereocenters. The summed E-state index contributed by atoms with van der Waals surface area (Å²) in [5.74, 6) is 2.53. The molecule has 0 amide bonds. The molecule has 1 aromatic heterocycles. The molecule has 1 saturated heterocycles. The number of aliphatic hydroxyl groups excluding tert-OH is 1. The number of aliphatic hydroxyl groups is 1. The molecule has 0 bridgehead atoms.